The number of hydrogen-bond donors (Lipinski definition) is 2. The standard InChI is InChI=1S/C17H30N2O4/c1-11-6-15(16(20)21)10-19(9-11)17(22)18-5-4-14-7-12(2)23-13(3)8-14/h11-15H,4-10H2,1-3H3,(H,18,22)(H,20,21). The maximum atomic E-state index is 12.3. The second-order valence-corrected chi connectivity index (χ2v) is 7.40. The summed E-state index contributed by atoms with van der Waals surface area (Å²) in [6.45, 7) is 7.80. The van der Waals surface area contributed by atoms with Gasteiger partial charge in [-0.25, -0.2) is 4.79 Å². The topological polar surface area (TPSA) is 78.9 Å². The van der Waals surface area contributed by atoms with Gasteiger partial charge in [-0.05, 0) is 51.4 Å². The van der Waals surface area contributed by atoms with Crippen LogP contribution in [-0.2, 0) is 9.53 Å². The van der Waals surface area contributed by atoms with E-state index in [2.05, 4.69) is 19.2 Å². The molecule has 6 heteroatoms. The molecule has 0 aromatic heterocycles. The van der Waals surface area contributed by atoms with E-state index in [9.17, 15) is 14.7 Å². The first kappa shape index (κ1) is 18.0. The van der Waals surface area contributed by atoms with E-state index in [0.717, 1.165) is 19.3 Å². The van der Waals surface area contributed by atoms with Crippen LogP contribution in [0.25, 0.3) is 0 Å². The number of carbonyl (C=O) groups excluding carboxylic acids is 1. The average Bonchev–Trinajstić information content (AvgIpc) is 2.45. The Morgan fingerprint density at radius 2 is 1.78 bits per heavy atom. The molecule has 0 radical (unpaired) electrons. The highest BCUT2D eigenvalue weighted by atomic mass is 16.5. The van der Waals surface area contributed by atoms with Crippen LogP contribution in [0.5, 0.6) is 0 Å². The van der Waals surface area contributed by atoms with E-state index < -0.39 is 11.9 Å². The van der Waals surface area contributed by atoms with Gasteiger partial charge < -0.3 is 20.1 Å². The van der Waals surface area contributed by atoms with Crippen LogP contribution in [0.3, 0.4) is 0 Å². The zero-order chi connectivity index (χ0) is 17.0. The molecule has 0 saturated carbocycles. The Morgan fingerprint density at radius 1 is 1.13 bits per heavy atom. The number of hydrogen-bond acceptors (Lipinski definition) is 3. The van der Waals surface area contributed by atoms with Crippen LogP contribution in [0.2, 0.25) is 0 Å². The van der Waals surface area contributed by atoms with Gasteiger partial charge in [-0.3, -0.25) is 4.79 Å². The maximum absolute atomic E-state index is 12.3. The molecule has 0 bridgehead atoms. The third-order valence-corrected chi connectivity index (χ3v) is 4.92. The Bertz CT molecular complexity index is 419. The van der Waals surface area contributed by atoms with Gasteiger partial charge in [0, 0.05) is 19.6 Å². The molecule has 0 aromatic rings. The highest BCUT2D eigenvalue weighted by Gasteiger charge is 2.32. The number of carbonyl (C=O) groups is 2. The Labute approximate surface area is 138 Å². The van der Waals surface area contributed by atoms with Gasteiger partial charge in [0.25, 0.3) is 0 Å². The van der Waals surface area contributed by atoms with Crippen molar-refractivity contribution in [2.24, 2.45) is 17.8 Å². The number of amides is 2. The van der Waals surface area contributed by atoms with Gasteiger partial charge in [0.05, 0.1) is 18.1 Å². The Balaban J connectivity index is 1.74. The summed E-state index contributed by atoms with van der Waals surface area (Å²) in [6.07, 6.45) is 4.27. The summed E-state index contributed by atoms with van der Waals surface area (Å²) in [5, 5.41) is 12.1. The van der Waals surface area contributed by atoms with Crippen molar-refractivity contribution in [3.63, 3.8) is 0 Å². The van der Waals surface area contributed by atoms with Crippen LogP contribution in [0.15, 0.2) is 0 Å². The number of likely N-dealkylation sites (tertiary alicyclic amines) is 1. The quantitative estimate of drug-likeness (QED) is 0.831. The van der Waals surface area contributed by atoms with E-state index in [1.165, 1.54) is 0 Å². The summed E-state index contributed by atoms with van der Waals surface area (Å²) in [6, 6.07) is -0.129. The van der Waals surface area contributed by atoms with Gasteiger partial charge in [0.2, 0.25) is 0 Å². The van der Waals surface area contributed by atoms with Gasteiger partial charge in [-0.2, -0.15) is 0 Å². The molecule has 4 unspecified atom stereocenters. The predicted molar refractivity (Wildman–Crippen MR) is 87.2 cm³/mol. The molecule has 2 rings (SSSR count). The van der Waals surface area contributed by atoms with E-state index in [4.69, 9.17) is 4.74 Å². The van der Waals surface area contributed by atoms with Crippen LogP contribution in [0, 0.1) is 17.8 Å². The molecule has 0 aromatic carbocycles. The van der Waals surface area contributed by atoms with Crippen molar-refractivity contribution < 1.29 is 19.4 Å². The van der Waals surface area contributed by atoms with E-state index >= 15 is 0 Å². The largest absolute Gasteiger partial charge is 0.481 e. The van der Waals surface area contributed by atoms with Gasteiger partial charge in [0.15, 0.2) is 0 Å². The van der Waals surface area contributed by atoms with Crippen molar-refractivity contribution in [2.45, 2.75) is 58.7 Å². The van der Waals surface area contributed by atoms with Crippen LogP contribution >= 0.6 is 0 Å². The number of piperidine rings is 1. The third kappa shape index (κ3) is 5.37. The number of aliphatic carboxylic acids is 1. The number of carboxylic acid groups (broad SMARTS) is 1. The smallest absolute Gasteiger partial charge is 0.317 e. The minimum absolute atomic E-state index is 0.129. The van der Waals surface area contributed by atoms with Crippen molar-refractivity contribution in [1.82, 2.24) is 10.2 Å². The van der Waals surface area contributed by atoms with Gasteiger partial charge in [-0.1, -0.05) is 6.92 Å². The van der Waals surface area contributed by atoms with Crippen molar-refractivity contribution in [3.8, 4) is 0 Å². The summed E-state index contributed by atoms with van der Waals surface area (Å²) in [4.78, 5) is 25.1. The maximum Gasteiger partial charge on any atom is 0.317 e. The lowest BCUT2D eigenvalue weighted by Gasteiger charge is -2.35. The fourth-order valence-electron chi connectivity index (χ4n) is 3.97. The van der Waals surface area contributed by atoms with Gasteiger partial charge in [-0.15, -0.1) is 0 Å². The van der Waals surface area contributed by atoms with Gasteiger partial charge >= 0.3 is 12.0 Å². The zero-order valence-corrected chi connectivity index (χ0v) is 14.5. The fraction of sp³-hybridized carbons (Fsp3) is 0.882. The molecular formula is C17H30N2O4. The first-order valence-corrected chi connectivity index (χ1v) is 8.76. The van der Waals surface area contributed by atoms with Crippen molar-refractivity contribution in [3.05, 3.63) is 0 Å². The summed E-state index contributed by atoms with van der Waals surface area (Å²) >= 11 is 0. The monoisotopic (exact) mass is 326 g/mol. The second kappa shape index (κ2) is 7.99. The predicted octanol–water partition coefficient (Wildman–Crippen LogP) is 2.33. The minimum Gasteiger partial charge on any atom is -0.481 e. The first-order valence-electron chi connectivity index (χ1n) is 8.76. The van der Waals surface area contributed by atoms with E-state index in [0.29, 0.717) is 44.2 Å². The second-order valence-electron chi connectivity index (χ2n) is 7.40. The SMILES string of the molecule is CC1CC(C(=O)O)CN(C(=O)NCCC2CC(C)OC(C)C2)C1. The number of urea groups is 1. The Hall–Kier alpha value is -1.30. The molecule has 132 valence electrons. The zero-order valence-electron chi connectivity index (χ0n) is 14.5. The molecule has 23 heavy (non-hydrogen) atoms. The molecule has 2 amide bonds. The van der Waals surface area contributed by atoms with Crippen LogP contribution < -0.4 is 5.32 Å². The highest BCUT2D eigenvalue weighted by molar-refractivity contribution is 5.76. The summed E-state index contributed by atoms with van der Waals surface area (Å²) in [5.74, 6) is -0.435. The molecule has 0 aliphatic carbocycles. The summed E-state index contributed by atoms with van der Waals surface area (Å²) in [5.41, 5.74) is 0. The minimum atomic E-state index is -0.806. The van der Waals surface area contributed by atoms with Crippen molar-refractivity contribution in [1.29, 1.82) is 0 Å². The lowest BCUT2D eigenvalue weighted by molar-refractivity contribution is -0.143. The number of nitrogens with zero attached hydrogens (tertiary/aromatic N) is 1. The molecule has 4 atom stereocenters. The van der Waals surface area contributed by atoms with Crippen molar-refractivity contribution >= 4 is 12.0 Å². The molecule has 6 nitrogen and oxygen atoms in total. The lowest BCUT2D eigenvalue weighted by Crippen LogP contribution is -2.49. The number of rotatable bonds is 4. The molecule has 0 spiro atoms. The van der Waals surface area contributed by atoms with Gasteiger partial charge in [0.1, 0.15) is 0 Å². The molecule has 2 heterocycles. The molecule has 2 aliphatic rings. The first-order chi connectivity index (χ1) is 10.8. The summed E-state index contributed by atoms with van der Waals surface area (Å²) in [7, 11) is 0. The average molecular weight is 326 g/mol. The van der Waals surface area contributed by atoms with Crippen molar-refractivity contribution in [2.75, 3.05) is 19.6 Å². The Morgan fingerprint density at radius 3 is 2.39 bits per heavy atom. The van der Waals surface area contributed by atoms with Crippen LogP contribution in [0.1, 0.15) is 46.5 Å². The third-order valence-electron chi connectivity index (χ3n) is 4.92. The fourth-order valence-corrected chi connectivity index (χ4v) is 3.97. The number of ether oxygens (including phenoxy) is 1. The molecule has 2 aliphatic heterocycles. The molecular weight excluding hydrogens is 296 g/mol. The molecule has 2 fully saturated rings. The summed E-state index contributed by atoms with van der Waals surface area (Å²) < 4.78 is 5.73. The van der Waals surface area contributed by atoms with Crippen LogP contribution in [0.4, 0.5) is 4.79 Å². The van der Waals surface area contributed by atoms with E-state index in [1.807, 2.05) is 6.92 Å². The normalized spacial score (nSPS) is 34.9. The van der Waals surface area contributed by atoms with E-state index in [1.54, 1.807) is 4.90 Å². The lowest BCUT2D eigenvalue weighted by atomic mass is 9.90. The Kier molecular flexibility index (Phi) is 6.27. The molecule has 2 N–H and O–H groups in total. The number of carboxylic acids is 1. The van der Waals surface area contributed by atoms with E-state index in [-0.39, 0.29) is 11.9 Å². The molecule has 2 saturated heterocycles. The van der Waals surface area contributed by atoms with Crippen LogP contribution in [-0.4, -0.2) is 53.8 Å². The highest BCUT2D eigenvalue weighted by Crippen LogP contribution is 2.27. The number of nitrogens with one attached hydrogen (secondary N) is 1.